The zero-order chi connectivity index (χ0) is 16.6. The number of carbonyl (C=O) groups is 2. The minimum atomic E-state index is -3.06. The smallest absolute Gasteiger partial charge is 0.373 e. The van der Waals surface area contributed by atoms with E-state index in [9.17, 15) is 9.59 Å². The molecule has 3 rings (SSSR count). The average Bonchev–Trinajstić information content (AvgIpc) is 2.61. The monoisotopic (exact) mass is 328 g/mol. The summed E-state index contributed by atoms with van der Waals surface area (Å²) in [6.45, 7) is 0. The molecule has 0 bridgehead atoms. The molecule has 0 spiro atoms. The van der Waals surface area contributed by atoms with Gasteiger partial charge < -0.3 is 13.3 Å². The van der Waals surface area contributed by atoms with Gasteiger partial charge in [0.1, 0.15) is 0 Å². The topological polar surface area (TPSA) is 61.8 Å². The SMILES string of the molecule is CO[Si](OC)(OC)c1ccc2c(c1)C(=O)c1ccccc1C2=O. The maximum atomic E-state index is 12.7. The molecule has 0 saturated carbocycles. The van der Waals surface area contributed by atoms with E-state index in [1.54, 1.807) is 42.5 Å². The van der Waals surface area contributed by atoms with E-state index in [1.807, 2.05) is 0 Å². The summed E-state index contributed by atoms with van der Waals surface area (Å²) in [6, 6.07) is 11.8. The molecule has 2 aromatic rings. The van der Waals surface area contributed by atoms with Gasteiger partial charge in [-0.25, -0.2) is 0 Å². The number of fused-ring (bicyclic) bond motifs is 2. The van der Waals surface area contributed by atoms with Crippen LogP contribution in [-0.2, 0) is 13.3 Å². The summed E-state index contributed by atoms with van der Waals surface area (Å²) < 4.78 is 16.3. The lowest BCUT2D eigenvalue weighted by Gasteiger charge is -2.26. The quantitative estimate of drug-likeness (QED) is 0.680. The molecule has 0 radical (unpaired) electrons. The molecule has 0 saturated heterocycles. The van der Waals surface area contributed by atoms with Crippen LogP contribution in [0.25, 0.3) is 0 Å². The molecule has 0 aliphatic heterocycles. The van der Waals surface area contributed by atoms with Crippen molar-refractivity contribution in [3.8, 4) is 0 Å². The number of benzene rings is 2. The minimum Gasteiger partial charge on any atom is -0.373 e. The molecule has 1 aliphatic rings. The van der Waals surface area contributed by atoms with Gasteiger partial charge in [-0.1, -0.05) is 36.4 Å². The van der Waals surface area contributed by atoms with Gasteiger partial charge >= 0.3 is 8.80 Å². The second kappa shape index (κ2) is 5.82. The van der Waals surface area contributed by atoms with Gasteiger partial charge in [0.15, 0.2) is 11.6 Å². The molecule has 23 heavy (non-hydrogen) atoms. The van der Waals surface area contributed by atoms with E-state index in [0.29, 0.717) is 27.4 Å². The maximum Gasteiger partial charge on any atom is 0.536 e. The van der Waals surface area contributed by atoms with Crippen molar-refractivity contribution in [3.63, 3.8) is 0 Å². The Morgan fingerprint density at radius 3 is 1.70 bits per heavy atom. The van der Waals surface area contributed by atoms with E-state index < -0.39 is 8.80 Å². The Morgan fingerprint density at radius 2 is 1.17 bits per heavy atom. The molecule has 0 unspecified atom stereocenters. The first-order valence-electron chi connectivity index (χ1n) is 7.06. The highest BCUT2D eigenvalue weighted by Gasteiger charge is 2.42. The Kier molecular flexibility index (Phi) is 3.99. The lowest BCUT2D eigenvalue weighted by Crippen LogP contribution is -2.55. The molecule has 0 N–H and O–H groups in total. The summed E-state index contributed by atoms with van der Waals surface area (Å²) in [5.41, 5.74) is 1.60. The van der Waals surface area contributed by atoms with Gasteiger partial charge in [0, 0.05) is 48.8 Å². The Hall–Kier alpha value is -2.12. The summed E-state index contributed by atoms with van der Waals surface area (Å²) in [5, 5.41) is 0.643. The Bertz CT molecular complexity index is 787. The van der Waals surface area contributed by atoms with E-state index in [0.717, 1.165) is 0 Å². The molecule has 2 aromatic carbocycles. The largest absolute Gasteiger partial charge is 0.536 e. The Morgan fingerprint density at radius 1 is 0.696 bits per heavy atom. The second-order valence-electron chi connectivity index (χ2n) is 5.13. The number of ketones is 2. The van der Waals surface area contributed by atoms with E-state index in [-0.39, 0.29) is 11.6 Å². The van der Waals surface area contributed by atoms with Gasteiger partial charge in [0.2, 0.25) is 0 Å². The van der Waals surface area contributed by atoms with Gasteiger partial charge in [-0.3, -0.25) is 9.59 Å². The fourth-order valence-electron chi connectivity index (χ4n) is 2.89. The van der Waals surface area contributed by atoms with Crippen molar-refractivity contribution in [2.24, 2.45) is 0 Å². The highest BCUT2D eigenvalue weighted by molar-refractivity contribution is 6.75. The molecule has 6 heteroatoms. The van der Waals surface area contributed by atoms with Crippen LogP contribution in [0.15, 0.2) is 42.5 Å². The Labute approximate surface area is 135 Å². The van der Waals surface area contributed by atoms with Crippen LogP contribution in [-0.4, -0.2) is 41.7 Å². The van der Waals surface area contributed by atoms with Crippen LogP contribution in [0.3, 0.4) is 0 Å². The van der Waals surface area contributed by atoms with Crippen molar-refractivity contribution in [3.05, 3.63) is 64.7 Å². The first kappa shape index (κ1) is 15.8. The third-order valence-electron chi connectivity index (χ3n) is 4.08. The highest BCUT2D eigenvalue weighted by Crippen LogP contribution is 2.27. The third-order valence-corrected chi connectivity index (χ3v) is 6.72. The maximum absolute atomic E-state index is 12.7. The standard InChI is InChI=1S/C17H16O5Si/c1-20-23(21-2,22-3)11-8-9-14-15(10-11)17(19)13-7-5-4-6-12(13)16(14)18/h4-10H,1-3H3. The van der Waals surface area contributed by atoms with Crippen molar-refractivity contribution in [1.82, 2.24) is 0 Å². The van der Waals surface area contributed by atoms with E-state index in [2.05, 4.69) is 0 Å². The summed E-state index contributed by atoms with van der Waals surface area (Å²) >= 11 is 0. The predicted octanol–water partition coefficient (Wildman–Crippen LogP) is 1.55. The minimum absolute atomic E-state index is 0.152. The van der Waals surface area contributed by atoms with Gasteiger partial charge in [-0.15, -0.1) is 0 Å². The van der Waals surface area contributed by atoms with E-state index >= 15 is 0 Å². The molecule has 0 atom stereocenters. The zero-order valence-corrected chi connectivity index (χ0v) is 14.1. The van der Waals surface area contributed by atoms with Gasteiger partial charge in [-0.2, -0.15) is 0 Å². The molecule has 0 fully saturated rings. The van der Waals surface area contributed by atoms with E-state index in [4.69, 9.17) is 13.3 Å². The number of hydrogen-bond acceptors (Lipinski definition) is 5. The van der Waals surface area contributed by atoms with Gasteiger partial charge in [0.05, 0.1) is 0 Å². The lowest BCUT2D eigenvalue weighted by atomic mass is 9.84. The molecule has 0 aromatic heterocycles. The molecular formula is C17H16O5Si. The summed E-state index contributed by atoms with van der Waals surface area (Å²) in [5.74, 6) is -0.329. The van der Waals surface area contributed by atoms with Crippen LogP contribution in [0.2, 0.25) is 0 Å². The normalized spacial score (nSPS) is 13.7. The first-order chi connectivity index (χ1) is 11.1. The third kappa shape index (κ3) is 2.27. The van der Waals surface area contributed by atoms with E-state index in [1.165, 1.54) is 21.3 Å². The van der Waals surface area contributed by atoms with Crippen LogP contribution >= 0.6 is 0 Å². The number of rotatable bonds is 4. The molecule has 0 heterocycles. The van der Waals surface area contributed by atoms with Crippen molar-refractivity contribution in [1.29, 1.82) is 0 Å². The molecule has 0 amide bonds. The van der Waals surface area contributed by atoms with Crippen LogP contribution in [0, 0.1) is 0 Å². The second-order valence-corrected chi connectivity index (χ2v) is 8.05. The molecule has 118 valence electrons. The molecule has 5 nitrogen and oxygen atoms in total. The number of hydrogen-bond donors (Lipinski definition) is 0. The first-order valence-corrected chi connectivity index (χ1v) is 8.79. The fourth-order valence-corrected chi connectivity index (χ4v) is 4.71. The average molecular weight is 328 g/mol. The van der Waals surface area contributed by atoms with Crippen LogP contribution in [0.5, 0.6) is 0 Å². The van der Waals surface area contributed by atoms with Crippen molar-refractivity contribution in [2.75, 3.05) is 21.3 Å². The van der Waals surface area contributed by atoms with Crippen molar-refractivity contribution >= 4 is 25.6 Å². The fraction of sp³-hybridized carbons (Fsp3) is 0.176. The Balaban J connectivity index is 2.18. The van der Waals surface area contributed by atoms with Crippen molar-refractivity contribution in [2.45, 2.75) is 0 Å². The molecular weight excluding hydrogens is 312 g/mol. The van der Waals surface area contributed by atoms with Gasteiger partial charge in [-0.05, 0) is 6.07 Å². The van der Waals surface area contributed by atoms with Crippen LogP contribution in [0.4, 0.5) is 0 Å². The summed E-state index contributed by atoms with van der Waals surface area (Å²) in [4.78, 5) is 25.3. The van der Waals surface area contributed by atoms with Crippen molar-refractivity contribution < 1.29 is 22.9 Å². The zero-order valence-electron chi connectivity index (χ0n) is 13.1. The summed E-state index contributed by atoms with van der Waals surface area (Å²) in [7, 11) is 1.44. The predicted molar refractivity (Wildman–Crippen MR) is 86.2 cm³/mol. The summed E-state index contributed by atoms with van der Waals surface area (Å²) in [6.07, 6.45) is 0. The number of carbonyl (C=O) groups excluding carboxylic acids is 2. The highest BCUT2D eigenvalue weighted by atomic mass is 28.4. The molecule has 1 aliphatic carbocycles. The van der Waals surface area contributed by atoms with Gasteiger partial charge in [0.25, 0.3) is 0 Å². The van der Waals surface area contributed by atoms with Crippen LogP contribution in [0.1, 0.15) is 31.8 Å². The van der Waals surface area contributed by atoms with Crippen LogP contribution < -0.4 is 5.19 Å². The lowest BCUT2D eigenvalue weighted by molar-refractivity contribution is 0.0979.